The molecule has 6 heteroatoms. The molecule has 2 saturated heterocycles. The summed E-state index contributed by atoms with van der Waals surface area (Å²) in [6.45, 7) is 5.09. The molecular weight excluding hydrogens is 280 g/mol. The molecule has 2 atom stereocenters. The number of ether oxygens (including phenoxy) is 1. The Balaban J connectivity index is 1.76. The topological polar surface area (TPSA) is 58.6 Å². The normalized spacial score (nSPS) is 25.6. The van der Waals surface area contributed by atoms with Crippen molar-refractivity contribution in [2.45, 2.75) is 44.7 Å². The molecule has 120 valence electrons. The Morgan fingerprint density at radius 1 is 1.32 bits per heavy atom. The van der Waals surface area contributed by atoms with Crippen molar-refractivity contribution >= 4 is 5.91 Å². The maximum absolute atomic E-state index is 12.8. The molecular formula is C16H24N4O2. The summed E-state index contributed by atoms with van der Waals surface area (Å²) in [7, 11) is 1.57. The number of amides is 1. The first kappa shape index (κ1) is 15.2. The van der Waals surface area contributed by atoms with Gasteiger partial charge >= 0.3 is 0 Å². The number of piperazine rings is 1. The van der Waals surface area contributed by atoms with Gasteiger partial charge in [0, 0.05) is 25.2 Å². The highest BCUT2D eigenvalue weighted by Crippen LogP contribution is 2.26. The van der Waals surface area contributed by atoms with Crippen molar-refractivity contribution in [3.05, 3.63) is 18.2 Å². The van der Waals surface area contributed by atoms with Crippen LogP contribution in [0.25, 0.3) is 0 Å². The molecule has 1 amide bonds. The van der Waals surface area contributed by atoms with Crippen molar-refractivity contribution in [3.8, 4) is 5.75 Å². The van der Waals surface area contributed by atoms with E-state index in [9.17, 15) is 4.79 Å². The lowest BCUT2D eigenvalue weighted by atomic mass is 9.95. The van der Waals surface area contributed by atoms with Crippen LogP contribution in [0.4, 0.5) is 0 Å². The van der Waals surface area contributed by atoms with E-state index in [2.05, 4.69) is 21.8 Å². The number of rotatable bonds is 3. The van der Waals surface area contributed by atoms with Gasteiger partial charge in [-0.1, -0.05) is 13.3 Å². The molecule has 0 saturated carbocycles. The van der Waals surface area contributed by atoms with Crippen LogP contribution < -0.4 is 4.74 Å². The monoisotopic (exact) mass is 304 g/mol. The minimum absolute atomic E-state index is 0.0558. The number of nitrogens with zero attached hydrogens (tertiary/aromatic N) is 4. The first-order valence-corrected chi connectivity index (χ1v) is 8.14. The lowest BCUT2D eigenvalue weighted by molar-refractivity contribution is 0.00887. The summed E-state index contributed by atoms with van der Waals surface area (Å²) in [5, 5.41) is 0. The van der Waals surface area contributed by atoms with E-state index in [1.54, 1.807) is 19.5 Å². The molecule has 3 heterocycles. The smallest absolute Gasteiger partial charge is 0.292 e. The molecule has 0 radical (unpaired) electrons. The number of fused-ring (bicyclic) bond motifs is 1. The third-order valence-corrected chi connectivity index (χ3v) is 4.83. The average molecular weight is 304 g/mol. The molecule has 3 rings (SSSR count). The van der Waals surface area contributed by atoms with Crippen LogP contribution in [0, 0.1) is 0 Å². The summed E-state index contributed by atoms with van der Waals surface area (Å²) in [6.07, 6.45) is 7.80. The highest BCUT2D eigenvalue weighted by Gasteiger charge is 2.37. The minimum Gasteiger partial charge on any atom is -0.494 e. The number of aromatic nitrogens is 2. The first-order chi connectivity index (χ1) is 10.7. The standard InChI is InChI=1S/C16H24N4O2/c1-3-12-10-19-7-5-4-6-13(19)11-20(12)16(21)15-17-8-14(22-2)9-18-15/h8-9,12-13H,3-7,10-11H2,1-2H3. The Hall–Kier alpha value is -1.69. The fourth-order valence-electron chi connectivity index (χ4n) is 3.51. The summed E-state index contributed by atoms with van der Waals surface area (Å²) >= 11 is 0. The fourth-order valence-corrected chi connectivity index (χ4v) is 3.51. The van der Waals surface area contributed by atoms with E-state index in [0.29, 0.717) is 11.8 Å². The number of carbonyl (C=O) groups is 1. The van der Waals surface area contributed by atoms with Gasteiger partial charge in [-0.15, -0.1) is 0 Å². The molecule has 2 fully saturated rings. The van der Waals surface area contributed by atoms with E-state index in [4.69, 9.17) is 4.74 Å². The van der Waals surface area contributed by atoms with E-state index < -0.39 is 0 Å². The van der Waals surface area contributed by atoms with Crippen molar-refractivity contribution in [3.63, 3.8) is 0 Å². The fraction of sp³-hybridized carbons (Fsp3) is 0.688. The predicted octanol–water partition coefficient (Wildman–Crippen LogP) is 1.57. The van der Waals surface area contributed by atoms with Gasteiger partial charge in [0.25, 0.3) is 5.91 Å². The second-order valence-corrected chi connectivity index (χ2v) is 6.11. The quantitative estimate of drug-likeness (QED) is 0.848. The van der Waals surface area contributed by atoms with Gasteiger partial charge in [0.15, 0.2) is 5.75 Å². The number of carbonyl (C=O) groups excluding carboxylic acids is 1. The summed E-state index contributed by atoms with van der Waals surface area (Å²) in [5.41, 5.74) is 0. The number of methoxy groups -OCH3 is 1. The van der Waals surface area contributed by atoms with Gasteiger partial charge in [-0.25, -0.2) is 9.97 Å². The van der Waals surface area contributed by atoms with E-state index >= 15 is 0 Å². The third kappa shape index (κ3) is 2.92. The molecule has 2 aliphatic heterocycles. The Morgan fingerprint density at radius 3 is 2.77 bits per heavy atom. The summed E-state index contributed by atoms with van der Waals surface area (Å²) in [6, 6.07) is 0.756. The molecule has 22 heavy (non-hydrogen) atoms. The number of piperidine rings is 1. The minimum atomic E-state index is -0.0558. The van der Waals surface area contributed by atoms with Crippen molar-refractivity contribution in [1.82, 2.24) is 19.8 Å². The van der Waals surface area contributed by atoms with Crippen molar-refractivity contribution in [1.29, 1.82) is 0 Å². The molecule has 0 aromatic carbocycles. The number of hydrogen-bond acceptors (Lipinski definition) is 5. The lowest BCUT2D eigenvalue weighted by Crippen LogP contribution is -2.60. The van der Waals surface area contributed by atoms with Gasteiger partial charge in [-0.2, -0.15) is 0 Å². The van der Waals surface area contributed by atoms with Gasteiger partial charge < -0.3 is 9.64 Å². The SMILES string of the molecule is CCC1CN2CCCCC2CN1C(=O)c1ncc(OC)cn1. The third-order valence-electron chi connectivity index (χ3n) is 4.83. The second-order valence-electron chi connectivity index (χ2n) is 6.11. The zero-order valence-electron chi connectivity index (χ0n) is 13.4. The van der Waals surface area contributed by atoms with E-state index in [-0.39, 0.29) is 17.8 Å². The summed E-state index contributed by atoms with van der Waals surface area (Å²) in [4.78, 5) is 25.6. The molecule has 0 spiro atoms. The Kier molecular flexibility index (Phi) is 4.57. The zero-order valence-corrected chi connectivity index (χ0v) is 13.4. The van der Waals surface area contributed by atoms with Crippen LogP contribution in [0.15, 0.2) is 12.4 Å². The Bertz CT molecular complexity index is 519. The highest BCUT2D eigenvalue weighted by atomic mass is 16.5. The maximum Gasteiger partial charge on any atom is 0.292 e. The van der Waals surface area contributed by atoms with Gasteiger partial charge in [0.1, 0.15) is 0 Å². The Labute approximate surface area is 131 Å². The largest absolute Gasteiger partial charge is 0.494 e. The van der Waals surface area contributed by atoms with Crippen molar-refractivity contribution in [2.75, 3.05) is 26.7 Å². The van der Waals surface area contributed by atoms with E-state index in [1.165, 1.54) is 25.8 Å². The van der Waals surface area contributed by atoms with Gasteiger partial charge in [-0.3, -0.25) is 9.69 Å². The molecule has 0 aliphatic carbocycles. The molecule has 0 N–H and O–H groups in total. The lowest BCUT2D eigenvalue weighted by Gasteiger charge is -2.48. The van der Waals surface area contributed by atoms with Crippen LogP contribution >= 0.6 is 0 Å². The van der Waals surface area contributed by atoms with Gasteiger partial charge in [0.05, 0.1) is 19.5 Å². The first-order valence-electron chi connectivity index (χ1n) is 8.14. The van der Waals surface area contributed by atoms with Crippen molar-refractivity contribution in [2.24, 2.45) is 0 Å². The summed E-state index contributed by atoms with van der Waals surface area (Å²) in [5.74, 6) is 0.781. The number of hydrogen-bond donors (Lipinski definition) is 0. The molecule has 2 aliphatic rings. The predicted molar refractivity (Wildman–Crippen MR) is 82.9 cm³/mol. The second kappa shape index (κ2) is 6.60. The zero-order chi connectivity index (χ0) is 15.5. The molecule has 0 bridgehead atoms. The summed E-state index contributed by atoms with van der Waals surface area (Å²) < 4.78 is 5.05. The average Bonchev–Trinajstić information content (AvgIpc) is 2.60. The molecule has 1 aromatic heterocycles. The van der Waals surface area contributed by atoms with Crippen molar-refractivity contribution < 1.29 is 9.53 Å². The maximum atomic E-state index is 12.8. The van der Waals surface area contributed by atoms with Crippen LogP contribution in [-0.2, 0) is 0 Å². The highest BCUT2D eigenvalue weighted by molar-refractivity contribution is 5.90. The molecule has 1 aromatic rings. The van der Waals surface area contributed by atoms with E-state index in [1.807, 2.05) is 4.90 Å². The van der Waals surface area contributed by atoms with Crippen LogP contribution in [0.5, 0.6) is 5.75 Å². The van der Waals surface area contributed by atoms with Gasteiger partial charge in [0.2, 0.25) is 5.82 Å². The van der Waals surface area contributed by atoms with Crippen LogP contribution in [0.3, 0.4) is 0 Å². The van der Waals surface area contributed by atoms with Crippen LogP contribution in [0.1, 0.15) is 43.2 Å². The van der Waals surface area contributed by atoms with E-state index in [0.717, 1.165) is 19.5 Å². The van der Waals surface area contributed by atoms with Crippen LogP contribution in [0.2, 0.25) is 0 Å². The van der Waals surface area contributed by atoms with Crippen LogP contribution in [-0.4, -0.2) is 64.5 Å². The molecule has 6 nitrogen and oxygen atoms in total. The Morgan fingerprint density at radius 2 is 2.09 bits per heavy atom. The molecule has 2 unspecified atom stereocenters. The van der Waals surface area contributed by atoms with Gasteiger partial charge in [-0.05, 0) is 25.8 Å².